The molecule has 0 aromatic rings. The number of rotatable bonds is 1. The minimum absolute atomic E-state index is 0.00235. The predicted molar refractivity (Wildman–Crippen MR) is 84.9 cm³/mol. The van der Waals surface area contributed by atoms with E-state index in [0.29, 0.717) is 11.8 Å². The maximum Gasteiger partial charge on any atom is 0.202 e. The highest BCUT2D eigenvalue weighted by atomic mass is 16.3. The summed E-state index contributed by atoms with van der Waals surface area (Å²) in [6.07, 6.45) is 10.3. The second kappa shape index (κ2) is 4.47. The van der Waals surface area contributed by atoms with Crippen LogP contribution in [0.4, 0.5) is 0 Å². The monoisotopic (exact) mass is 288 g/mol. The molecule has 2 heteroatoms. The van der Waals surface area contributed by atoms with E-state index in [1.54, 1.807) is 6.08 Å². The second-order valence-corrected chi connectivity index (χ2v) is 8.43. The molecule has 5 atom stereocenters. The lowest BCUT2D eigenvalue weighted by Gasteiger charge is -2.60. The summed E-state index contributed by atoms with van der Waals surface area (Å²) in [5, 5.41) is 9.88. The molecule has 3 rings (SSSR count). The zero-order valence-electron chi connectivity index (χ0n) is 13.6. The Bertz CT molecular complexity index is 520. The Hall–Kier alpha value is -1.05. The van der Waals surface area contributed by atoms with Crippen LogP contribution < -0.4 is 0 Å². The molecule has 3 aliphatic carbocycles. The Morgan fingerprint density at radius 1 is 1.29 bits per heavy atom. The van der Waals surface area contributed by atoms with Gasteiger partial charge in [0.15, 0.2) is 5.76 Å². The molecule has 0 radical (unpaired) electrons. The lowest BCUT2D eigenvalue weighted by Crippen LogP contribution is -2.56. The Morgan fingerprint density at radius 3 is 2.67 bits per heavy atom. The van der Waals surface area contributed by atoms with Gasteiger partial charge in [0.2, 0.25) is 5.78 Å². The molecule has 0 amide bonds. The fourth-order valence-electron chi connectivity index (χ4n) is 5.52. The first kappa shape index (κ1) is 14.9. The smallest absolute Gasteiger partial charge is 0.202 e. The van der Waals surface area contributed by atoms with Crippen LogP contribution in [0.5, 0.6) is 0 Å². The molecular formula is C19H28O2. The van der Waals surface area contributed by atoms with Gasteiger partial charge in [-0.25, -0.2) is 0 Å². The average molecular weight is 288 g/mol. The minimum Gasteiger partial charge on any atom is -0.505 e. The van der Waals surface area contributed by atoms with Crippen molar-refractivity contribution in [1.82, 2.24) is 0 Å². The molecule has 0 spiro atoms. The van der Waals surface area contributed by atoms with Crippen LogP contribution in [0.1, 0.15) is 59.3 Å². The van der Waals surface area contributed by atoms with Crippen molar-refractivity contribution in [2.75, 3.05) is 0 Å². The molecule has 2 nitrogen and oxygen atoms in total. The Kier molecular flexibility index (Phi) is 3.17. The first-order valence-electron chi connectivity index (χ1n) is 8.33. The second-order valence-electron chi connectivity index (χ2n) is 8.43. The maximum absolute atomic E-state index is 12.5. The summed E-state index contributed by atoms with van der Waals surface area (Å²) in [7, 11) is 0. The Morgan fingerprint density at radius 2 is 2.00 bits per heavy atom. The topological polar surface area (TPSA) is 37.3 Å². The summed E-state index contributed by atoms with van der Waals surface area (Å²) in [6, 6.07) is 0. The molecule has 0 saturated heterocycles. The molecule has 2 fully saturated rings. The molecule has 116 valence electrons. The summed E-state index contributed by atoms with van der Waals surface area (Å²) in [5.74, 6) is 1.04. The summed E-state index contributed by atoms with van der Waals surface area (Å²) < 4.78 is 0. The molecule has 0 aliphatic heterocycles. The quantitative estimate of drug-likeness (QED) is 0.703. The number of carbonyl (C=O) groups is 1. The fraction of sp³-hybridized carbons (Fsp3) is 0.737. The van der Waals surface area contributed by atoms with Crippen LogP contribution in [-0.4, -0.2) is 10.9 Å². The van der Waals surface area contributed by atoms with E-state index in [9.17, 15) is 9.90 Å². The van der Waals surface area contributed by atoms with E-state index < -0.39 is 0 Å². The van der Waals surface area contributed by atoms with E-state index in [4.69, 9.17) is 0 Å². The van der Waals surface area contributed by atoms with Gasteiger partial charge in [-0.15, -0.1) is 6.58 Å². The average Bonchev–Trinajstić information content (AvgIpc) is 2.46. The number of ketones is 1. The predicted octanol–water partition coefficient (Wildman–Crippen LogP) is 4.82. The largest absolute Gasteiger partial charge is 0.505 e. The molecule has 0 unspecified atom stereocenters. The van der Waals surface area contributed by atoms with E-state index in [-0.39, 0.29) is 27.8 Å². The number of aliphatic hydroxyl groups excluding tert-OH is 1. The fourth-order valence-corrected chi connectivity index (χ4v) is 5.52. The van der Waals surface area contributed by atoms with Gasteiger partial charge in [-0.1, -0.05) is 26.8 Å². The van der Waals surface area contributed by atoms with Gasteiger partial charge in [0.05, 0.1) is 0 Å². The summed E-state index contributed by atoms with van der Waals surface area (Å²) >= 11 is 0. The third kappa shape index (κ3) is 1.94. The van der Waals surface area contributed by atoms with Gasteiger partial charge in [-0.05, 0) is 67.3 Å². The molecule has 2 saturated carbocycles. The highest BCUT2D eigenvalue weighted by molar-refractivity contribution is 5.98. The van der Waals surface area contributed by atoms with Crippen molar-refractivity contribution in [2.45, 2.75) is 59.3 Å². The highest BCUT2D eigenvalue weighted by Crippen LogP contribution is 2.64. The van der Waals surface area contributed by atoms with Crippen LogP contribution >= 0.6 is 0 Å². The van der Waals surface area contributed by atoms with Crippen molar-refractivity contribution in [3.05, 3.63) is 24.5 Å². The maximum atomic E-state index is 12.5. The standard InChI is InChI=1S/C19H28O2/c1-5-17(2)10-11-18(3)13(12-17)8-9-19(4)15(18)7-6-14(20)16(19)21/h5-6,13,15,20H,1,7-12H2,2-4H3/t13-,15+,17-,18-,19-/m0/s1. The van der Waals surface area contributed by atoms with Crippen LogP contribution in [0.15, 0.2) is 24.5 Å². The molecule has 1 N–H and O–H groups in total. The van der Waals surface area contributed by atoms with Crippen LogP contribution in [0.25, 0.3) is 0 Å². The number of hydrogen-bond acceptors (Lipinski definition) is 2. The normalized spacial score (nSPS) is 49.9. The van der Waals surface area contributed by atoms with Crippen LogP contribution in [0, 0.1) is 28.1 Å². The third-order valence-corrected chi connectivity index (χ3v) is 7.25. The zero-order valence-corrected chi connectivity index (χ0v) is 13.6. The van der Waals surface area contributed by atoms with Crippen LogP contribution in [0.2, 0.25) is 0 Å². The van der Waals surface area contributed by atoms with Crippen molar-refractivity contribution in [1.29, 1.82) is 0 Å². The van der Waals surface area contributed by atoms with Gasteiger partial charge in [-0.2, -0.15) is 0 Å². The first-order chi connectivity index (χ1) is 9.75. The van der Waals surface area contributed by atoms with Crippen LogP contribution in [0.3, 0.4) is 0 Å². The van der Waals surface area contributed by atoms with Crippen LogP contribution in [-0.2, 0) is 4.79 Å². The van der Waals surface area contributed by atoms with Crippen molar-refractivity contribution >= 4 is 5.78 Å². The van der Waals surface area contributed by atoms with Gasteiger partial charge < -0.3 is 5.11 Å². The zero-order chi connectivity index (χ0) is 15.5. The van der Waals surface area contributed by atoms with Crippen molar-refractivity contribution < 1.29 is 9.90 Å². The number of allylic oxidation sites excluding steroid dienone is 3. The molecule has 0 aromatic heterocycles. The summed E-state index contributed by atoms with van der Waals surface area (Å²) in [5.41, 5.74) is 0.128. The lowest BCUT2D eigenvalue weighted by molar-refractivity contribution is -0.150. The molecule has 21 heavy (non-hydrogen) atoms. The number of fused-ring (bicyclic) bond motifs is 3. The minimum atomic E-state index is -0.355. The highest BCUT2D eigenvalue weighted by Gasteiger charge is 2.59. The molecule has 3 aliphatic rings. The SMILES string of the molecule is C=C[C@@]1(C)CC[C@@]2(C)[C@@H](CC[C@]3(C)C(=O)C(O)=CC[C@H]23)C1. The molecular weight excluding hydrogens is 260 g/mol. The molecule has 0 heterocycles. The molecule has 0 aromatic carbocycles. The van der Waals surface area contributed by atoms with Crippen molar-refractivity contribution in [3.8, 4) is 0 Å². The van der Waals surface area contributed by atoms with E-state index in [0.717, 1.165) is 19.3 Å². The number of Topliss-reactive ketones (excluding diaryl/α,β-unsaturated/α-hetero) is 1. The van der Waals surface area contributed by atoms with Gasteiger partial charge in [0.25, 0.3) is 0 Å². The van der Waals surface area contributed by atoms with Gasteiger partial charge >= 0.3 is 0 Å². The first-order valence-corrected chi connectivity index (χ1v) is 8.33. The van der Waals surface area contributed by atoms with Crippen molar-refractivity contribution in [2.24, 2.45) is 28.1 Å². The number of hydrogen-bond donors (Lipinski definition) is 1. The Balaban J connectivity index is 1.96. The van der Waals surface area contributed by atoms with E-state index >= 15 is 0 Å². The summed E-state index contributed by atoms with van der Waals surface area (Å²) in [6.45, 7) is 10.8. The molecule has 0 bridgehead atoms. The van der Waals surface area contributed by atoms with E-state index in [2.05, 4.69) is 33.4 Å². The Labute approximate surface area is 128 Å². The number of carbonyl (C=O) groups excluding carboxylic acids is 1. The third-order valence-electron chi connectivity index (χ3n) is 7.25. The van der Waals surface area contributed by atoms with Crippen molar-refractivity contribution in [3.63, 3.8) is 0 Å². The van der Waals surface area contributed by atoms with Gasteiger partial charge in [-0.3, -0.25) is 4.79 Å². The summed E-state index contributed by atoms with van der Waals surface area (Å²) in [4.78, 5) is 12.5. The number of aliphatic hydroxyl groups is 1. The van der Waals surface area contributed by atoms with E-state index in [1.807, 2.05) is 0 Å². The van der Waals surface area contributed by atoms with Gasteiger partial charge in [0, 0.05) is 5.41 Å². The lowest BCUT2D eigenvalue weighted by atomic mass is 9.43. The van der Waals surface area contributed by atoms with E-state index in [1.165, 1.54) is 19.3 Å². The van der Waals surface area contributed by atoms with Gasteiger partial charge in [0.1, 0.15) is 0 Å².